The fourth-order valence-electron chi connectivity index (χ4n) is 3.26. The van der Waals surface area contributed by atoms with Crippen LogP contribution in [0.25, 0.3) is 5.65 Å². The zero-order valence-electron chi connectivity index (χ0n) is 12.8. The molecule has 118 valence electrons. The van der Waals surface area contributed by atoms with Gasteiger partial charge in [0.2, 0.25) is 0 Å². The fraction of sp³-hybridized carbons (Fsp3) is 0.294. The van der Waals surface area contributed by atoms with Gasteiger partial charge in [0.25, 0.3) is 5.56 Å². The van der Waals surface area contributed by atoms with Crippen molar-refractivity contribution < 1.29 is 0 Å². The second-order valence-electron chi connectivity index (χ2n) is 5.93. The van der Waals surface area contributed by atoms with Crippen molar-refractivity contribution in [3.63, 3.8) is 0 Å². The third kappa shape index (κ3) is 2.56. The van der Waals surface area contributed by atoms with Gasteiger partial charge in [0.05, 0.1) is 10.7 Å². The van der Waals surface area contributed by atoms with Crippen LogP contribution in [-0.4, -0.2) is 25.4 Å². The first kappa shape index (κ1) is 14.5. The van der Waals surface area contributed by atoms with Crippen LogP contribution < -0.4 is 5.56 Å². The van der Waals surface area contributed by atoms with Crippen molar-refractivity contribution >= 4 is 17.2 Å². The highest BCUT2D eigenvalue weighted by Gasteiger charge is 2.23. The molecule has 5 nitrogen and oxygen atoms in total. The van der Waals surface area contributed by atoms with Crippen LogP contribution in [0.15, 0.2) is 47.5 Å². The van der Waals surface area contributed by atoms with Crippen molar-refractivity contribution in [1.82, 2.24) is 18.9 Å². The van der Waals surface area contributed by atoms with E-state index in [1.54, 1.807) is 24.4 Å². The van der Waals surface area contributed by atoms with E-state index >= 15 is 0 Å². The summed E-state index contributed by atoms with van der Waals surface area (Å²) in [6, 6.07) is 9.68. The third-order valence-electron chi connectivity index (χ3n) is 4.51. The van der Waals surface area contributed by atoms with E-state index in [0.717, 1.165) is 18.8 Å². The first-order chi connectivity index (χ1) is 11.1. The highest BCUT2D eigenvalue weighted by atomic mass is 35.5. The Morgan fingerprint density at radius 1 is 1.30 bits per heavy atom. The summed E-state index contributed by atoms with van der Waals surface area (Å²) in [6.45, 7) is 4.78. The normalized spacial score (nSPS) is 18.3. The molecule has 1 aliphatic heterocycles. The van der Waals surface area contributed by atoms with Crippen LogP contribution in [-0.2, 0) is 13.1 Å². The van der Waals surface area contributed by atoms with Crippen molar-refractivity contribution in [3.8, 4) is 0 Å². The van der Waals surface area contributed by atoms with Gasteiger partial charge < -0.3 is 4.57 Å². The molecule has 0 aromatic carbocycles. The number of fused-ring (bicyclic) bond motifs is 2. The maximum absolute atomic E-state index is 12.3. The molecule has 0 aliphatic carbocycles. The van der Waals surface area contributed by atoms with E-state index in [4.69, 9.17) is 11.6 Å². The molecule has 0 saturated heterocycles. The summed E-state index contributed by atoms with van der Waals surface area (Å²) in [4.78, 5) is 19.2. The van der Waals surface area contributed by atoms with E-state index in [1.165, 1.54) is 10.1 Å². The van der Waals surface area contributed by atoms with Crippen LogP contribution in [0.4, 0.5) is 0 Å². The molecule has 4 rings (SSSR count). The summed E-state index contributed by atoms with van der Waals surface area (Å²) in [5.74, 6) is 0. The van der Waals surface area contributed by atoms with E-state index in [1.807, 2.05) is 0 Å². The molecule has 3 aromatic heterocycles. The van der Waals surface area contributed by atoms with Gasteiger partial charge >= 0.3 is 0 Å². The Labute approximate surface area is 138 Å². The molecule has 0 radical (unpaired) electrons. The number of hydrogen-bond donors (Lipinski definition) is 0. The lowest BCUT2D eigenvalue weighted by Crippen LogP contribution is -2.36. The fourth-order valence-corrected chi connectivity index (χ4v) is 3.42. The molecule has 6 heteroatoms. The largest absolute Gasteiger partial charge is 0.349 e. The summed E-state index contributed by atoms with van der Waals surface area (Å²) in [6.07, 6.45) is 3.72. The minimum atomic E-state index is -0.0967. The summed E-state index contributed by atoms with van der Waals surface area (Å²) < 4.78 is 3.77. The zero-order valence-corrected chi connectivity index (χ0v) is 13.6. The molecule has 0 saturated carbocycles. The summed E-state index contributed by atoms with van der Waals surface area (Å²) in [5, 5.41) is 0.527. The molecule has 0 fully saturated rings. The smallest absolute Gasteiger partial charge is 0.258 e. The topological polar surface area (TPSA) is 42.5 Å². The second-order valence-corrected chi connectivity index (χ2v) is 6.37. The molecular weight excluding hydrogens is 312 g/mol. The SMILES string of the molecule is C[C@@H]1c2cccn2CCN1Cc1cc(=O)n2cc(Cl)ccc2n1. The number of aromatic nitrogens is 3. The monoisotopic (exact) mass is 328 g/mol. The van der Waals surface area contributed by atoms with Crippen LogP contribution in [0.3, 0.4) is 0 Å². The Morgan fingerprint density at radius 2 is 2.17 bits per heavy atom. The van der Waals surface area contributed by atoms with Crippen LogP contribution in [0, 0.1) is 0 Å². The Kier molecular flexibility index (Phi) is 3.47. The van der Waals surface area contributed by atoms with E-state index in [9.17, 15) is 4.79 Å². The van der Waals surface area contributed by atoms with Crippen molar-refractivity contribution in [2.45, 2.75) is 26.1 Å². The standard InChI is InChI=1S/C17H17ClN4O/c1-12-15-3-2-6-20(15)7-8-21(12)11-14-9-17(23)22-10-13(18)4-5-16(22)19-14/h2-6,9-10,12H,7-8,11H2,1H3/t12-/m1/s1. The molecule has 0 spiro atoms. The van der Waals surface area contributed by atoms with Gasteiger partial charge in [-0.15, -0.1) is 0 Å². The summed E-state index contributed by atoms with van der Waals surface area (Å²) in [7, 11) is 0. The lowest BCUT2D eigenvalue weighted by atomic mass is 10.1. The molecule has 23 heavy (non-hydrogen) atoms. The van der Waals surface area contributed by atoms with Crippen LogP contribution in [0.5, 0.6) is 0 Å². The van der Waals surface area contributed by atoms with Crippen molar-refractivity contribution in [2.75, 3.05) is 6.54 Å². The highest BCUT2D eigenvalue weighted by Crippen LogP contribution is 2.26. The van der Waals surface area contributed by atoms with Gasteiger partial charge in [-0.05, 0) is 31.2 Å². The van der Waals surface area contributed by atoms with Gasteiger partial charge in [-0.1, -0.05) is 11.6 Å². The Hall–Kier alpha value is -2.11. The van der Waals surface area contributed by atoms with Gasteiger partial charge in [0.1, 0.15) is 5.65 Å². The number of halogens is 1. The highest BCUT2D eigenvalue weighted by molar-refractivity contribution is 6.30. The lowest BCUT2D eigenvalue weighted by Gasteiger charge is -2.34. The molecule has 1 atom stereocenters. The molecular formula is C17H17ClN4O. The predicted molar refractivity (Wildman–Crippen MR) is 89.7 cm³/mol. The number of nitrogens with zero attached hydrogens (tertiary/aromatic N) is 4. The first-order valence-corrected chi connectivity index (χ1v) is 8.06. The third-order valence-corrected chi connectivity index (χ3v) is 4.73. The van der Waals surface area contributed by atoms with Gasteiger partial charge in [-0.25, -0.2) is 4.98 Å². The maximum Gasteiger partial charge on any atom is 0.258 e. The zero-order chi connectivity index (χ0) is 16.0. The van der Waals surface area contributed by atoms with Gasteiger partial charge in [0.15, 0.2) is 0 Å². The van der Waals surface area contributed by atoms with E-state index < -0.39 is 0 Å². The average molecular weight is 329 g/mol. The van der Waals surface area contributed by atoms with Crippen LogP contribution in [0.2, 0.25) is 5.02 Å². The average Bonchev–Trinajstić information content (AvgIpc) is 3.00. The van der Waals surface area contributed by atoms with Crippen LogP contribution in [0.1, 0.15) is 24.4 Å². The molecule has 0 unspecified atom stereocenters. The Balaban J connectivity index is 1.66. The van der Waals surface area contributed by atoms with E-state index in [0.29, 0.717) is 23.3 Å². The van der Waals surface area contributed by atoms with Crippen LogP contribution >= 0.6 is 11.6 Å². The number of hydrogen-bond acceptors (Lipinski definition) is 3. The number of rotatable bonds is 2. The molecule has 4 heterocycles. The molecule has 0 N–H and O–H groups in total. The minimum absolute atomic E-state index is 0.0967. The van der Waals surface area contributed by atoms with Gasteiger partial charge in [0, 0.05) is 49.8 Å². The lowest BCUT2D eigenvalue weighted by molar-refractivity contribution is 0.159. The quantitative estimate of drug-likeness (QED) is 0.726. The van der Waals surface area contributed by atoms with Crippen molar-refractivity contribution in [2.24, 2.45) is 0 Å². The molecule has 1 aliphatic rings. The molecule has 3 aromatic rings. The maximum atomic E-state index is 12.3. The summed E-state index contributed by atoms with van der Waals surface area (Å²) in [5.41, 5.74) is 2.63. The predicted octanol–water partition coefficient (Wildman–Crippen LogP) is 2.73. The Bertz CT molecular complexity index is 930. The second kappa shape index (κ2) is 5.51. The van der Waals surface area contributed by atoms with E-state index in [2.05, 4.69) is 39.7 Å². The minimum Gasteiger partial charge on any atom is -0.349 e. The first-order valence-electron chi connectivity index (χ1n) is 7.69. The Morgan fingerprint density at radius 3 is 3.04 bits per heavy atom. The van der Waals surface area contributed by atoms with Gasteiger partial charge in [-0.3, -0.25) is 14.1 Å². The van der Waals surface area contributed by atoms with Crippen molar-refractivity contribution in [3.05, 3.63) is 69.5 Å². The van der Waals surface area contributed by atoms with Gasteiger partial charge in [-0.2, -0.15) is 0 Å². The molecule has 0 amide bonds. The molecule has 0 bridgehead atoms. The van der Waals surface area contributed by atoms with Crippen molar-refractivity contribution in [1.29, 1.82) is 0 Å². The summed E-state index contributed by atoms with van der Waals surface area (Å²) >= 11 is 5.94. The van der Waals surface area contributed by atoms with E-state index in [-0.39, 0.29) is 5.56 Å². The number of pyridine rings is 1.